The third-order valence-electron chi connectivity index (χ3n) is 6.36. The van der Waals surface area contributed by atoms with Crippen molar-refractivity contribution < 1.29 is 19.1 Å². The second-order valence-electron chi connectivity index (χ2n) is 9.77. The molecule has 0 aliphatic carbocycles. The summed E-state index contributed by atoms with van der Waals surface area (Å²) in [7, 11) is 0. The van der Waals surface area contributed by atoms with E-state index in [1.54, 1.807) is 6.07 Å². The van der Waals surface area contributed by atoms with Crippen molar-refractivity contribution in [1.29, 1.82) is 0 Å². The van der Waals surface area contributed by atoms with E-state index in [1.165, 1.54) is 0 Å². The molecule has 2 atom stereocenters. The Bertz CT molecular complexity index is 1420. The van der Waals surface area contributed by atoms with Crippen molar-refractivity contribution in [2.75, 3.05) is 18.4 Å². The maximum absolute atomic E-state index is 13.4. The van der Waals surface area contributed by atoms with Gasteiger partial charge in [-0.05, 0) is 54.2 Å². The molecule has 11 N–H and O–H groups in total. The van der Waals surface area contributed by atoms with E-state index in [0.29, 0.717) is 18.5 Å². The standard InChI is InChI=1S/C30H39N9O4/c31-28(32)35-16-6-12-24(26(40)37-23-15-14-21-10-4-5-11-22(21)18-23)38-27(41)25(13-7-17-36-29(33)34)39-30(42)43-19-20-8-2-1-3-9-20/h1-5,8-11,14-15,18,24-25H,6-7,12-13,16-17,19H2,(H,37,40)(H,38,41)(H,39,42)(H4,31,32,35)(H4,33,34,36). The third kappa shape index (κ3) is 11.6. The zero-order chi connectivity index (χ0) is 31.0. The number of nitrogens with zero attached hydrogens (tertiary/aromatic N) is 2. The molecular formula is C30H39N9O4. The zero-order valence-electron chi connectivity index (χ0n) is 23.9. The van der Waals surface area contributed by atoms with Crippen LogP contribution in [0.5, 0.6) is 0 Å². The van der Waals surface area contributed by atoms with Gasteiger partial charge in [-0.1, -0.05) is 60.7 Å². The second kappa shape index (κ2) is 16.8. The molecule has 0 aliphatic rings. The molecule has 3 aromatic rings. The Morgan fingerprint density at radius 1 is 0.698 bits per heavy atom. The first-order valence-corrected chi connectivity index (χ1v) is 13.9. The normalized spacial score (nSPS) is 11.9. The van der Waals surface area contributed by atoms with Crippen LogP contribution in [0.4, 0.5) is 10.5 Å². The molecule has 3 rings (SSSR count). The fraction of sp³-hybridized carbons (Fsp3) is 0.300. The summed E-state index contributed by atoms with van der Waals surface area (Å²) >= 11 is 0. The first-order valence-electron chi connectivity index (χ1n) is 13.9. The van der Waals surface area contributed by atoms with Gasteiger partial charge in [-0.2, -0.15) is 0 Å². The summed E-state index contributed by atoms with van der Waals surface area (Å²) in [6.07, 6.45) is 0.441. The van der Waals surface area contributed by atoms with Crippen LogP contribution in [0.1, 0.15) is 31.2 Å². The second-order valence-corrected chi connectivity index (χ2v) is 9.77. The fourth-order valence-corrected chi connectivity index (χ4v) is 4.22. The van der Waals surface area contributed by atoms with Crippen LogP contribution in [0.2, 0.25) is 0 Å². The number of nitrogens with two attached hydrogens (primary N) is 4. The number of carbonyl (C=O) groups excluding carboxylic acids is 3. The van der Waals surface area contributed by atoms with Crippen molar-refractivity contribution in [3.05, 3.63) is 78.4 Å². The van der Waals surface area contributed by atoms with Gasteiger partial charge in [0.25, 0.3) is 0 Å². The van der Waals surface area contributed by atoms with E-state index < -0.39 is 30.0 Å². The number of carbonyl (C=O) groups is 3. The minimum atomic E-state index is -1.02. The monoisotopic (exact) mass is 589 g/mol. The van der Waals surface area contributed by atoms with Crippen molar-refractivity contribution in [3.8, 4) is 0 Å². The zero-order valence-corrected chi connectivity index (χ0v) is 23.9. The molecule has 0 saturated carbocycles. The molecule has 0 aromatic heterocycles. The van der Waals surface area contributed by atoms with Gasteiger partial charge in [0.15, 0.2) is 11.9 Å². The lowest BCUT2D eigenvalue weighted by Gasteiger charge is -2.23. The average molecular weight is 590 g/mol. The number of nitrogens with one attached hydrogen (secondary N) is 3. The highest BCUT2D eigenvalue weighted by Crippen LogP contribution is 2.19. The Kier molecular flexibility index (Phi) is 12.6. The molecule has 0 saturated heterocycles. The number of anilines is 1. The van der Waals surface area contributed by atoms with Gasteiger partial charge in [0.2, 0.25) is 11.8 Å². The van der Waals surface area contributed by atoms with Crippen LogP contribution >= 0.6 is 0 Å². The van der Waals surface area contributed by atoms with Gasteiger partial charge in [-0.15, -0.1) is 0 Å². The van der Waals surface area contributed by atoms with Crippen molar-refractivity contribution in [2.45, 2.75) is 44.4 Å². The number of hydrogen-bond acceptors (Lipinski definition) is 6. The van der Waals surface area contributed by atoms with Crippen molar-refractivity contribution in [2.24, 2.45) is 32.9 Å². The largest absolute Gasteiger partial charge is 0.445 e. The van der Waals surface area contributed by atoms with Gasteiger partial charge < -0.3 is 43.6 Å². The molecule has 0 heterocycles. The molecule has 43 heavy (non-hydrogen) atoms. The number of benzene rings is 3. The maximum Gasteiger partial charge on any atom is 0.408 e. The van der Waals surface area contributed by atoms with Gasteiger partial charge in [0.05, 0.1) is 0 Å². The summed E-state index contributed by atoms with van der Waals surface area (Å²) in [6.45, 7) is 0.539. The van der Waals surface area contributed by atoms with Crippen LogP contribution in [-0.4, -0.2) is 55.0 Å². The van der Waals surface area contributed by atoms with Crippen LogP contribution in [-0.2, 0) is 20.9 Å². The third-order valence-corrected chi connectivity index (χ3v) is 6.36. The number of fused-ring (bicyclic) bond motifs is 1. The van der Waals surface area contributed by atoms with Crippen LogP contribution in [0.25, 0.3) is 10.8 Å². The van der Waals surface area contributed by atoms with Gasteiger partial charge >= 0.3 is 6.09 Å². The van der Waals surface area contributed by atoms with Crippen molar-refractivity contribution in [1.82, 2.24) is 10.6 Å². The molecule has 3 aromatic carbocycles. The molecule has 13 heteroatoms. The highest BCUT2D eigenvalue weighted by Gasteiger charge is 2.27. The van der Waals surface area contributed by atoms with E-state index in [9.17, 15) is 14.4 Å². The summed E-state index contributed by atoms with van der Waals surface area (Å²) in [5, 5.41) is 10.2. The molecule has 228 valence electrons. The Balaban J connectivity index is 1.71. The smallest absolute Gasteiger partial charge is 0.408 e. The van der Waals surface area contributed by atoms with E-state index in [1.807, 2.05) is 66.7 Å². The predicted octanol–water partition coefficient (Wildman–Crippen LogP) is 1.67. The molecule has 0 radical (unpaired) electrons. The topological polar surface area (TPSA) is 225 Å². The average Bonchev–Trinajstić information content (AvgIpc) is 2.99. The lowest BCUT2D eigenvalue weighted by atomic mass is 10.1. The number of ether oxygens (including phenoxy) is 1. The summed E-state index contributed by atoms with van der Waals surface area (Å²) in [5.41, 5.74) is 23.0. The minimum absolute atomic E-state index is 0.0244. The summed E-state index contributed by atoms with van der Waals surface area (Å²) in [4.78, 5) is 47.3. The summed E-state index contributed by atoms with van der Waals surface area (Å²) < 4.78 is 5.31. The van der Waals surface area contributed by atoms with Crippen LogP contribution in [0, 0.1) is 0 Å². The molecular weight excluding hydrogens is 550 g/mol. The van der Waals surface area contributed by atoms with Crippen molar-refractivity contribution >= 4 is 46.3 Å². The lowest BCUT2D eigenvalue weighted by molar-refractivity contribution is -0.128. The maximum atomic E-state index is 13.4. The van der Waals surface area contributed by atoms with E-state index >= 15 is 0 Å². The first-order chi connectivity index (χ1) is 20.7. The summed E-state index contributed by atoms with van der Waals surface area (Å²) in [5.74, 6) is -1.15. The van der Waals surface area contributed by atoms with Gasteiger partial charge in [-0.25, -0.2) is 4.79 Å². The van der Waals surface area contributed by atoms with Crippen LogP contribution in [0.3, 0.4) is 0 Å². The van der Waals surface area contributed by atoms with E-state index in [-0.39, 0.29) is 44.5 Å². The molecule has 0 spiro atoms. The van der Waals surface area contributed by atoms with Crippen LogP contribution < -0.4 is 38.9 Å². The highest BCUT2D eigenvalue weighted by atomic mass is 16.5. The molecule has 0 aliphatic heterocycles. The predicted molar refractivity (Wildman–Crippen MR) is 168 cm³/mol. The number of amides is 3. The van der Waals surface area contributed by atoms with Gasteiger partial charge in [0.1, 0.15) is 18.7 Å². The van der Waals surface area contributed by atoms with Gasteiger partial charge in [-0.3, -0.25) is 19.6 Å². The Morgan fingerprint density at radius 2 is 1.28 bits per heavy atom. The van der Waals surface area contributed by atoms with Crippen LogP contribution in [0.15, 0.2) is 82.8 Å². The number of aliphatic imine (C=N–C) groups is 2. The number of hydrogen-bond donors (Lipinski definition) is 7. The Labute approximate surface area is 250 Å². The van der Waals surface area contributed by atoms with Crippen molar-refractivity contribution in [3.63, 3.8) is 0 Å². The van der Waals surface area contributed by atoms with Gasteiger partial charge in [0, 0.05) is 18.8 Å². The highest BCUT2D eigenvalue weighted by molar-refractivity contribution is 5.99. The molecule has 3 amide bonds. The quantitative estimate of drug-likeness (QED) is 0.0782. The number of alkyl carbamates (subject to hydrolysis) is 1. The fourth-order valence-electron chi connectivity index (χ4n) is 4.22. The molecule has 0 fully saturated rings. The summed E-state index contributed by atoms with van der Waals surface area (Å²) in [6, 6.07) is 20.4. The van der Waals surface area contributed by atoms with E-state index in [2.05, 4.69) is 25.9 Å². The Hall–Kier alpha value is -5.33. The minimum Gasteiger partial charge on any atom is -0.445 e. The Morgan fingerprint density at radius 3 is 1.91 bits per heavy atom. The SMILES string of the molecule is NC(N)=NCCCC(NC(=O)OCc1ccccc1)C(=O)NC(CCCN=C(N)N)C(=O)Nc1ccc2ccccc2c1. The van der Waals surface area contributed by atoms with E-state index in [0.717, 1.165) is 16.3 Å². The number of guanidine groups is 2. The molecule has 2 unspecified atom stereocenters. The molecule has 0 bridgehead atoms. The van der Waals surface area contributed by atoms with E-state index in [4.69, 9.17) is 27.7 Å². The lowest BCUT2D eigenvalue weighted by Crippen LogP contribution is -2.52. The number of rotatable bonds is 15. The first kappa shape index (κ1) is 32.2. The molecule has 13 nitrogen and oxygen atoms in total.